The molecule has 6 rings (SSSR count). The van der Waals surface area contributed by atoms with E-state index in [1.807, 2.05) is 50.2 Å². The minimum Gasteiger partial charge on any atom is -0.478 e. The van der Waals surface area contributed by atoms with Crippen molar-refractivity contribution < 1.29 is 24.6 Å². The van der Waals surface area contributed by atoms with Gasteiger partial charge in [0.1, 0.15) is 6.04 Å². The third kappa shape index (κ3) is 5.68. The summed E-state index contributed by atoms with van der Waals surface area (Å²) in [6.07, 6.45) is 0.910. The molecule has 3 saturated carbocycles. The smallest absolute Gasteiger partial charge is 0.335 e. The molecule has 2 bridgehead atoms. The Hall–Kier alpha value is -2.98. The van der Waals surface area contributed by atoms with Crippen LogP contribution in [0.15, 0.2) is 36.4 Å². The first-order chi connectivity index (χ1) is 20.2. The van der Waals surface area contributed by atoms with Crippen LogP contribution in [0.5, 0.6) is 0 Å². The highest BCUT2D eigenvalue weighted by molar-refractivity contribution is 5.91. The van der Waals surface area contributed by atoms with E-state index in [0.717, 1.165) is 34.4 Å². The van der Waals surface area contributed by atoms with Gasteiger partial charge in [-0.25, -0.2) is 4.79 Å². The number of fused-ring (bicyclic) bond motifs is 2. The van der Waals surface area contributed by atoms with Crippen LogP contribution in [-0.2, 0) is 16.2 Å². The van der Waals surface area contributed by atoms with Crippen LogP contribution < -0.4 is 16.0 Å². The molecule has 8 atom stereocenters. The Bertz CT molecular complexity index is 1370. The molecule has 1 heterocycles. The Morgan fingerprint density at radius 3 is 2.51 bits per heavy atom. The van der Waals surface area contributed by atoms with E-state index in [-0.39, 0.29) is 24.1 Å². The summed E-state index contributed by atoms with van der Waals surface area (Å²) in [5.74, 6) is -0.0115. The largest absolute Gasteiger partial charge is 0.478 e. The molecule has 5 N–H and O–H groups in total. The fourth-order valence-corrected chi connectivity index (χ4v) is 8.01. The van der Waals surface area contributed by atoms with Crippen molar-refractivity contribution in [3.8, 4) is 11.1 Å². The van der Waals surface area contributed by atoms with Gasteiger partial charge in [0.2, 0.25) is 5.91 Å². The molecule has 0 spiro atoms. The fourth-order valence-electron chi connectivity index (χ4n) is 8.01. The normalized spacial score (nSPS) is 30.4. The van der Waals surface area contributed by atoms with Crippen LogP contribution in [0.1, 0.15) is 62.0 Å². The van der Waals surface area contributed by atoms with Crippen LogP contribution in [-0.4, -0.2) is 72.1 Å². The summed E-state index contributed by atoms with van der Waals surface area (Å²) in [5, 5.41) is 25.6. The van der Waals surface area contributed by atoms with Crippen molar-refractivity contribution in [2.45, 2.75) is 78.3 Å². The van der Waals surface area contributed by atoms with Crippen molar-refractivity contribution in [1.82, 2.24) is 10.4 Å². The zero-order valence-corrected chi connectivity index (χ0v) is 26.5. The summed E-state index contributed by atoms with van der Waals surface area (Å²) in [6.45, 7) is 11.1. The number of anilines is 1. The van der Waals surface area contributed by atoms with Gasteiger partial charge in [0, 0.05) is 38.3 Å². The maximum Gasteiger partial charge on any atom is 0.335 e. The van der Waals surface area contributed by atoms with Gasteiger partial charge in [-0.2, -0.15) is 5.06 Å². The van der Waals surface area contributed by atoms with Crippen LogP contribution in [0.4, 0.5) is 5.69 Å². The molecule has 0 unspecified atom stereocenters. The molecule has 1 amide bonds. The topological polar surface area (TPSA) is 128 Å². The lowest BCUT2D eigenvalue weighted by molar-refractivity contribution is -0.175. The minimum atomic E-state index is -0.983. The lowest BCUT2D eigenvalue weighted by Gasteiger charge is -2.62. The lowest BCUT2D eigenvalue weighted by Crippen LogP contribution is -2.62. The van der Waals surface area contributed by atoms with Crippen LogP contribution >= 0.6 is 0 Å². The first-order valence-corrected chi connectivity index (χ1v) is 15.5. The second-order valence-corrected chi connectivity index (χ2v) is 13.8. The Balaban J connectivity index is 1.43. The summed E-state index contributed by atoms with van der Waals surface area (Å²) in [6, 6.07) is 10.6. The second kappa shape index (κ2) is 11.8. The zero-order valence-electron chi connectivity index (χ0n) is 26.5. The van der Waals surface area contributed by atoms with Crippen molar-refractivity contribution in [1.29, 1.82) is 0 Å². The lowest BCUT2D eigenvalue weighted by atomic mass is 9.45. The Kier molecular flexibility index (Phi) is 8.66. The molecular formula is C34H48N4O5. The number of hydroxylamine groups is 2. The minimum absolute atomic E-state index is 0.0927. The third-order valence-corrected chi connectivity index (χ3v) is 10.9. The Morgan fingerprint density at radius 1 is 1.21 bits per heavy atom. The number of aliphatic hydroxyl groups is 1. The number of aliphatic hydroxyl groups excluding tert-OH is 1. The average Bonchev–Trinajstić information content (AvgIpc) is 3.33. The number of carboxylic acid groups (broad SMARTS) is 1. The van der Waals surface area contributed by atoms with Gasteiger partial charge in [0.15, 0.2) is 0 Å². The summed E-state index contributed by atoms with van der Waals surface area (Å²) in [4.78, 5) is 34.1. The van der Waals surface area contributed by atoms with E-state index in [1.54, 1.807) is 24.1 Å². The molecule has 9 nitrogen and oxygen atoms in total. The molecule has 1 saturated heterocycles. The summed E-state index contributed by atoms with van der Waals surface area (Å²) in [5.41, 5.74) is 11.0. The molecule has 4 aliphatic rings. The highest BCUT2D eigenvalue weighted by Crippen LogP contribution is 2.61. The van der Waals surface area contributed by atoms with Crippen LogP contribution in [0.25, 0.3) is 11.1 Å². The number of carboxylic acids is 1. The number of benzene rings is 2. The predicted molar refractivity (Wildman–Crippen MR) is 167 cm³/mol. The van der Waals surface area contributed by atoms with Gasteiger partial charge in [0.05, 0.1) is 24.3 Å². The highest BCUT2D eigenvalue weighted by Gasteiger charge is 2.57. The van der Waals surface area contributed by atoms with E-state index in [9.17, 15) is 19.8 Å². The molecule has 2 aromatic carbocycles. The first kappa shape index (κ1) is 31.4. The quantitative estimate of drug-likeness (QED) is 0.343. The number of rotatable bonds is 9. The number of aromatic carboxylic acids is 1. The number of nitrogens with zero attached hydrogens (tertiary/aromatic N) is 2. The van der Waals surface area contributed by atoms with Crippen molar-refractivity contribution in [2.75, 3.05) is 25.5 Å². The van der Waals surface area contributed by atoms with Crippen LogP contribution in [0.3, 0.4) is 0 Å². The van der Waals surface area contributed by atoms with Gasteiger partial charge < -0.3 is 26.2 Å². The number of carbonyl (C=O) groups excluding carboxylic acids is 1. The van der Waals surface area contributed by atoms with Crippen molar-refractivity contribution in [3.63, 3.8) is 0 Å². The third-order valence-electron chi connectivity index (χ3n) is 10.9. The maximum absolute atomic E-state index is 14.0. The zero-order chi connectivity index (χ0) is 31.4. The highest BCUT2D eigenvalue weighted by atomic mass is 16.7. The van der Waals surface area contributed by atoms with E-state index in [2.05, 4.69) is 26.1 Å². The number of hydrogen-bond donors (Lipinski definition) is 4. The monoisotopic (exact) mass is 592 g/mol. The number of amides is 1. The van der Waals surface area contributed by atoms with E-state index in [4.69, 9.17) is 10.6 Å². The molecule has 4 fully saturated rings. The van der Waals surface area contributed by atoms with Crippen molar-refractivity contribution >= 4 is 17.6 Å². The van der Waals surface area contributed by atoms with Gasteiger partial charge in [-0.3, -0.25) is 9.63 Å². The first-order valence-electron chi connectivity index (χ1n) is 15.5. The molecule has 1 aliphatic heterocycles. The van der Waals surface area contributed by atoms with Gasteiger partial charge in [-0.05, 0) is 90.3 Å². The average molecular weight is 593 g/mol. The maximum atomic E-state index is 14.0. The number of carbonyl (C=O) groups is 2. The number of hydrogen-bond acceptors (Lipinski definition) is 7. The molecular weight excluding hydrogens is 544 g/mol. The van der Waals surface area contributed by atoms with Crippen LogP contribution in [0, 0.1) is 36.0 Å². The molecule has 9 heteroatoms. The van der Waals surface area contributed by atoms with Gasteiger partial charge in [-0.1, -0.05) is 39.0 Å². The summed E-state index contributed by atoms with van der Waals surface area (Å²) in [7, 11) is 3.77. The molecule has 234 valence electrons. The van der Waals surface area contributed by atoms with Gasteiger partial charge in [0.25, 0.3) is 0 Å². The molecule has 2 aromatic rings. The predicted octanol–water partition coefficient (Wildman–Crippen LogP) is 4.05. The summed E-state index contributed by atoms with van der Waals surface area (Å²) >= 11 is 0. The van der Waals surface area contributed by atoms with Gasteiger partial charge in [-0.15, -0.1) is 0 Å². The molecule has 0 aromatic heterocycles. The number of nitrogens with one attached hydrogen (secondary N) is 1. The van der Waals surface area contributed by atoms with Gasteiger partial charge >= 0.3 is 5.97 Å². The summed E-state index contributed by atoms with van der Waals surface area (Å²) < 4.78 is 0. The standard InChI is InChI=1S/C34H48N4O5/c1-18-21(9-8-10-26(18)22-11-23(33(41)42)13-25(12-22)37(6)7)17-38-31(30(20(3)39)29(16-35)43-38)32(40)36-28-15-24-14-27(19(28)2)34(24,4)5/h8-13,19-20,24,27-31,39H,14-17,35H2,1-7H3,(H,36,40)(H,41,42)/t19-,20-,24-,27+,28-,29-,30+,31-/m0/s1. The molecule has 3 aliphatic carbocycles. The Labute approximate surface area is 255 Å². The second-order valence-electron chi connectivity index (χ2n) is 13.8. The van der Waals surface area contributed by atoms with Crippen molar-refractivity contribution in [2.24, 2.45) is 34.8 Å². The molecule has 0 radical (unpaired) electrons. The van der Waals surface area contributed by atoms with E-state index < -0.39 is 30.1 Å². The SMILES string of the molecule is Cc1c(CN2O[C@@H](CN)[C@@H]([C@H](C)O)[C@H]2C(=O)N[C@H]2C[C@@H]3C[C@H]([C@@H]2C)C3(C)C)cccc1-c1cc(C(=O)O)cc(N(C)C)c1. The fraction of sp³-hybridized carbons (Fsp3) is 0.588. The van der Waals surface area contributed by atoms with E-state index in [1.165, 1.54) is 6.42 Å². The van der Waals surface area contributed by atoms with Crippen LogP contribution in [0.2, 0.25) is 0 Å². The van der Waals surface area contributed by atoms with E-state index in [0.29, 0.717) is 29.7 Å². The Morgan fingerprint density at radius 2 is 1.93 bits per heavy atom. The number of nitrogens with two attached hydrogens (primary N) is 1. The van der Waals surface area contributed by atoms with Crippen molar-refractivity contribution in [3.05, 3.63) is 53.1 Å². The molecule has 43 heavy (non-hydrogen) atoms. The van der Waals surface area contributed by atoms with E-state index >= 15 is 0 Å².